The molecule has 1 heterocycles. The average Bonchev–Trinajstić information content (AvgIpc) is 3.25. The third kappa shape index (κ3) is 5.56. The zero-order valence-corrected chi connectivity index (χ0v) is 18.4. The van der Waals surface area contributed by atoms with Crippen LogP contribution in [0.15, 0.2) is 46.6 Å². The first-order valence-corrected chi connectivity index (χ1v) is 14.3. The Labute approximate surface area is 167 Å². The molecule has 0 radical (unpaired) electrons. The summed E-state index contributed by atoms with van der Waals surface area (Å²) >= 11 is 1.66. The lowest BCUT2D eigenvalue weighted by Gasteiger charge is -2.20. The summed E-state index contributed by atoms with van der Waals surface area (Å²) in [5.74, 6) is 0.373. The normalized spacial score (nSPS) is 20.1. The van der Waals surface area contributed by atoms with Crippen LogP contribution in [-0.2, 0) is 16.3 Å². The number of aldehydes is 1. The Morgan fingerprint density at radius 3 is 2.74 bits per heavy atom. The first-order valence-electron chi connectivity index (χ1n) is 9.79. The summed E-state index contributed by atoms with van der Waals surface area (Å²) in [4.78, 5) is 17.4. The Balaban J connectivity index is 1.79. The van der Waals surface area contributed by atoms with Gasteiger partial charge in [0.15, 0.2) is 5.16 Å². The monoisotopic (exact) mass is 402 g/mol. The van der Waals surface area contributed by atoms with E-state index < -0.39 is 8.07 Å². The summed E-state index contributed by atoms with van der Waals surface area (Å²) in [6, 6.07) is 11.5. The van der Waals surface area contributed by atoms with E-state index >= 15 is 0 Å². The zero-order valence-electron chi connectivity index (χ0n) is 16.6. The molecular weight excluding hydrogens is 372 g/mol. The summed E-state index contributed by atoms with van der Waals surface area (Å²) in [5.41, 5.74) is 1.15. The minimum absolute atomic E-state index is 0.108. The zero-order chi connectivity index (χ0) is 19.3. The number of carbonyl (C=O) groups excluding carboxylic acids is 1. The van der Waals surface area contributed by atoms with E-state index in [0.717, 1.165) is 53.9 Å². The average molecular weight is 403 g/mol. The number of ether oxygens (including phenoxy) is 1. The molecule has 27 heavy (non-hydrogen) atoms. The Morgan fingerprint density at radius 1 is 1.26 bits per heavy atom. The van der Waals surface area contributed by atoms with Gasteiger partial charge in [-0.3, -0.25) is 4.57 Å². The molecule has 146 valence electrons. The lowest BCUT2D eigenvalue weighted by atomic mass is 9.94. The molecule has 0 aliphatic heterocycles. The number of hydrogen-bond acceptors (Lipinski definition) is 4. The molecule has 3 rings (SSSR count). The van der Waals surface area contributed by atoms with Gasteiger partial charge in [-0.15, -0.1) is 0 Å². The highest BCUT2D eigenvalue weighted by Gasteiger charge is 2.31. The largest absolute Gasteiger partial charge is 0.361 e. The molecule has 0 bridgehead atoms. The molecule has 0 N–H and O–H groups in total. The fourth-order valence-corrected chi connectivity index (χ4v) is 5.16. The first kappa shape index (κ1) is 20.4. The quantitative estimate of drug-likeness (QED) is 0.319. The second-order valence-electron chi connectivity index (χ2n) is 8.49. The second-order valence-corrected chi connectivity index (χ2v) is 15.2. The van der Waals surface area contributed by atoms with Crippen LogP contribution in [0.4, 0.5) is 0 Å². The maximum atomic E-state index is 11.5. The van der Waals surface area contributed by atoms with E-state index in [9.17, 15) is 4.79 Å². The SMILES string of the molecule is C[Si](C)(C)CCOCn1c([C@H]2CCC[C@@H]2C=O)cnc1Sc1ccccc1. The maximum absolute atomic E-state index is 11.5. The molecule has 1 aliphatic rings. The molecule has 0 amide bonds. The van der Waals surface area contributed by atoms with Gasteiger partial charge < -0.3 is 9.53 Å². The van der Waals surface area contributed by atoms with Gasteiger partial charge >= 0.3 is 0 Å². The van der Waals surface area contributed by atoms with Crippen LogP contribution >= 0.6 is 11.8 Å². The number of carbonyl (C=O) groups is 1. The number of aromatic nitrogens is 2. The summed E-state index contributed by atoms with van der Waals surface area (Å²) in [6.07, 6.45) is 6.23. The number of benzene rings is 1. The topological polar surface area (TPSA) is 44.1 Å². The summed E-state index contributed by atoms with van der Waals surface area (Å²) in [5, 5.41) is 0.945. The van der Waals surface area contributed by atoms with Crippen molar-refractivity contribution in [2.24, 2.45) is 5.92 Å². The van der Waals surface area contributed by atoms with Gasteiger partial charge in [-0.1, -0.05) is 56.0 Å². The Hall–Kier alpha value is -1.37. The van der Waals surface area contributed by atoms with Crippen LogP contribution < -0.4 is 0 Å². The van der Waals surface area contributed by atoms with Crippen LogP contribution in [-0.4, -0.2) is 30.5 Å². The van der Waals surface area contributed by atoms with E-state index in [1.165, 1.54) is 0 Å². The number of imidazole rings is 1. The summed E-state index contributed by atoms with van der Waals surface area (Å²) in [7, 11) is -1.11. The molecule has 1 aromatic carbocycles. The number of hydrogen-bond donors (Lipinski definition) is 0. The van der Waals surface area contributed by atoms with Gasteiger partial charge in [0.1, 0.15) is 13.0 Å². The summed E-state index contributed by atoms with van der Waals surface area (Å²) < 4.78 is 8.25. The Bertz CT molecular complexity index is 742. The maximum Gasteiger partial charge on any atom is 0.174 e. The third-order valence-corrected chi connectivity index (χ3v) is 7.86. The minimum atomic E-state index is -1.11. The van der Waals surface area contributed by atoms with Crippen molar-refractivity contribution in [2.45, 2.75) is 67.6 Å². The lowest BCUT2D eigenvalue weighted by Crippen LogP contribution is -2.22. The van der Waals surface area contributed by atoms with Crippen molar-refractivity contribution in [2.75, 3.05) is 6.61 Å². The third-order valence-electron chi connectivity index (χ3n) is 5.14. The van der Waals surface area contributed by atoms with Crippen LogP contribution in [0.5, 0.6) is 0 Å². The predicted octanol–water partition coefficient (Wildman–Crippen LogP) is 5.43. The van der Waals surface area contributed by atoms with Crippen molar-refractivity contribution in [3.05, 3.63) is 42.2 Å². The van der Waals surface area contributed by atoms with Gasteiger partial charge in [-0.2, -0.15) is 0 Å². The van der Waals surface area contributed by atoms with Crippen molar-refractivity contribution >= 4 is 26.1 Å². The second kappa shape index (κ2) is 9.21. The fourth-order valence-electron chi connectivity index (χ4n) is 3.53. The van der Waals surface area contributed by atoms with Crippen molar-refractivity contribution in [3.8, 4) is 0 Å². The molecule has 2 aromatic rings. The molecule has 6 heteroatoms. The van der Waals surface area contributed by atoms with Crippen molar-refractivity contribution in [1.82, 2.24) is 9.55 Å². The Kier molecular flexibility index (Phi) is 6.95. The molecule has 1 aromatic heterocycles. The van der Waals surface area contributed by atoms with Crippen molar-refractivity contribution < 1.29 is 9.53 Å². The molecule has 2 atom stereocenters. The van der Waals surface area contributed by atoms with E-state index in [1.807, 2.05) is 24.4 Å². The van der Waals surface area contributed by atoms with Crippen LogP contribution in [0, 0.1) is 5.92 Å². The van der Waals surface area contributed by atoms with Crippen molar-refractivity contribution in [1.29, 1.82) is 0 Å². The standard InChI is InChI=1S/C21H30N2O2SSi/c1-27(2,3)13-12-25-16-23-20(19-11-7-8-17(19)15-24)14-22-21(23)26-18-9-5-4-6-10-18/h4-6,9-10,14-15,17,19H,7-8,11-13,16H2,1-3H3/t17-,19+/m1/s1. The van der Waals surface area contributed by atoms with Crippen LogP contribution in [0.25, 0.3) is 0 Å². The smallest absolute Gasteiger partial charge is 0.174 e. The molecule has 0 spiro atoms. The van der Waals surface area contributed by atoms with E-state index in [0.29, 0.717) is 6.73 Å². The van der Waals surface area contributed by atoms with E-state index in [-0.39, 0.29) is 11.8 Å². The van der Waals surface area contributed by atoms with E-state index in [1.54, 1.807) is 11.8 Å². The number of rotatable bonds is 9. The molecule has 0 unspecified atom stereocenters. The Morgan fingerprint density at radius 2 is 2.04 bits per heavy atom. The van der Waals surface area contributed by atoms with Gasteiger partial charge in [-0.25, -0.2) is 4.98 Å². The highest BCUT2D eigenvalue weighted by Crippen LogP contribution is 2.40. The van der Waals surface area contributed by atoms with Gasteiger partial charge in [-0.05, 0) is 31.0 Å². The molecule has 0 saturated heterocycles. The van der Waals surface area contributed by atoms with Crippen LogP contribution in [0.3, 0.4) is 0 Å². The number of nitrogens with zero attached hydrogens (tertiary/aromatic N) is 2. The fraction of sp³-hybridized carbons (Fsp3) is 0.524. The van der Waals surface area contributed by atoms with E-state index in [4.69, 9.17) is 9.72 Å². The highest BCUT2D eigenvalue weighted by molar-refractivity contribution is 7.99. The molecule has 1 fully saturated rings. The molecule has 1 saturated carbocycles. The minimum Gasteiger partial charge on any atom is -0.361 e. The van der Waals surface area contributed by atoms with Crippen LogP contribution in [0.1, 0.15) is 30.9 Å². The first-order chi connectivity index (χ1) is 13.0. The predicted molar refractivity (Wildman–Crippen MR) is 113 cm³/mol. The molecular formula is C21H30N2O2SSi. The van der Waals surface area contributed by atoms with Gasteiger partial charge in [0.2, 0.25) is 0 Å². The summed E-state index contributed by atoms with van der Waals surface area (Å²) in [6.45, 7) is 8.39. The van der Waals surface area contributed by atoms with Gasteiger partial charge in [0.05, 0.1) is 0 Å². The highest BCUT2D eigenvalue weighted by atomic mass is 32.2. The van der Waals surface area contributed by atoms with Crippen molar-refractivity contribution in [3.63, 3.8) is 0 Å². The molecule has 1 aliphatic carbocycles. The molecule has 4 nitrogen and oxygen atoms in total. The van der Waals surface area contributed by atoms with Gasteiger partial charge in [0, 0.05) is 43.3 Å². The lowest BCUT2D eigenvalue weighted by molar-refractivity contribution is -0.111. The van der Waals surface area contributed by atoms with Crippen LogP contribution in [0.2, 0.25) is 25.7 Å². The van der Waals surface area contributed by atoms with Gasteiger partial charge in [0.25, 0.3) is 0 Å². The van der Waals surface area contributed by atoms with E-state index in [2.05, 4.69) is 36.3 Å².